The second kappa shape index (κ2) is 7.61. The molecular formula is C32H52O2. The highest BCUT2D eigenvalue weighted by molar-refractivity contribution is 5.66. The van der Waals surface area contributed by atoms with Gasteiger partial charge in [0.25, 0.3) is 0 Å². The molecule has 5 saturated carbocycles. The van der Waals surface area contributed by atoms with Crippen molar-refractivity contribution in [2.75, 3.05) is 0 Å². The Morgan fingerprint density at radius 3 is 2.24 bits per heavy atom. The summed E-state index contributed by atoms with van der Waals surface area (Å²) in [5.41, 5.74) is 3.28. The number of esters is 1. The van der Waals surface area contributed by atoms with Crippen LogP contribution in [-0.2, 0) is 9.53 Å². The highest BCUT2D eigenvalue weighted by atomic mass is 16.5. The lowest BCUT2D eigenvalue weighted by atomic mass is 9.31. The van der Waals surface area contributed by atoms with E-state index < -0.39 is 0 Å². The number of rotatable bonds is 1. The molecule has 0 aliphatic heterocycles. The molecule has 2 unspecified atom stereocenters. The minimum Gasteiger partial charge on any atom is -0.462 e. The Morgan fingerprint density at radius 1 is 0.853 bits per heavy atom. The summed E-state index contributed by atoms with van der Waals surface area (Å²) >= 11 is 0. The van der Waals surface area contributed by atoms with Crippen molar-refractivity contribution in [3.05, 3.63) is 12.2 Å². The third-order valence-electron chi connectivity index (χ3n) is 13.8. The van der Waals surface area contributed by atoms with E-state index in [9.17, 15) is 4.79 Å². The van der Waals surface area contributed by atoms with Crippen LogP contribution in [0.2, 0.25) is 0 Å². The fourth-order valence-corrected chi connectivity index (χ4v) is 11.8. The first-order chi connectivity index (χ1) is 15.7. The maximum absolute atomic E-state index is 11.9. The number of fused-ring (bicyclic) bond motifs is 7. The van der Waals surface area contributed by atoms with Crippen LogP contribution < -0.4 is 0 Å². The van der Waals surface area contributed by atoms with E-state index in [1.165, 1.54) is 63.4 Å². The summed E-state index contributed by atoms with van der Waals surface area (Å²) in [5, 5.41) is 0. The molecular weight excluding hydrogens is 416 g/mol. The van der Waals surface area contributed by atoms with Crippen LogP contribution in [0.3, 0.4) is 0 Å². The van der Waals surface area contributed by atoms with Crippen LogP contribution >= 0.6 is 0 Å². The van der Waals surface area contributed by atoms with Gasteiger partial charge in [-0.15, -0.1) is 0 Å². The molecule has 0 N–H and O–H groups in total. The zero-order chi connectivity index (χ0) is 24.9. The van der Waals surface area contributed by atoms with E-state index in [1.807, 2.05) is 0 Å². The first kappa shape index (κ1) is 24.9. The van der Waals surface area contributed by atoms with Crippen molar-refractivity contribution in [3.8, 4) is 0 Å². The average molecular weight is 469 g/mol. The summed E-state index contributed by atoms with van der Waals surface area (Å²) in [7, 11) is 0. The summed E-state index contributed by atoms with van der Waals surface area (Å²) in [4.78, 5) is 11.9. The van der Waals surface area contributed by atoms with Gasteiger partial charge in [-0.1, -0.05) is 60.6 Å². The zero-order valence-corrected chi connectivity index (χ0v) is 23.6. The van der Waals surface area contributed by atoms with E-state index in [4.69, 9.17) is 4.74 Å². The number of allylic oxidation sites excluding steroid dienone is 1. The third kappa shape index (κ3) is 3.08. The molecule has 0 radical (unpaired) electrons. The van der Waals surface area contributed by atoms with Gasteiger partial charge in [-0.05, 0) is 115 Å². The highest BCUT2D eigenvalue weighted by Gasteiger charge is 2.70. The van der Waals surface area contributed by atoms with Gasteiger partial charge < -0.3 is 4.74 Å². The van der Waals surface area contributed by atoms with Gasteiger partial charge in [0.15, 0.2) is 0 Å². The zero-order valence-electron chi connectivity index (χ0n) is 23.6. The lowest BCUT2D eigenvalue weighted by molar-refractivity contribution is -0.253. The lowest BCUT2D eigenvalue weighted by Crippen LogP contribution is -2.67. The Morgan fingerprint density at radius 2 is 1.56 bits per heavy atom. The molecule has 5 aliphatic rings. The van der Waals surface area contributed by atoms with Gasteiger partial charge in [-0.25, -0.2) is 0 Å². The van der Waals surface area contributed by atoms with Gasteiger partial charge in [0.2, 0.25) is 0 Å². The van der Waals surface area contributed by atoms with Crippen LogP contribution in [-0.4, -0.2) is 12.1 Å². The van der Waals surface area contributed by atoms with Crippen LogP contribution in [0, 0.1) is 56.7 Å². The normalized spacial score (nSPS) is 54.2. The van der Waals surface area contributed by atoms with Gasteiger partial charge in [0, 0.05) is 12.3 Å². The van der Waals surface area contributed by atoms with Crippen LogP contribution in [0.4, 0.5) is 0 Å². The van der Waals surface area contributed by atoms with Crippen LogP contribution in [0.25, 0.3) is 0 Å². The minimum absolute atomic E-state index is 0.0541. The molecule has 192 valence electrons. The predicted molar refractivity (Wildman–Crippen MR) is 140 cm³/mol. The minimum atomic E-state index is -0.108. The van der Waals surface area contributed by atoms with Crippen LogP contribution in [0.5, 0.6) is 0 Å². The molecule has 2 nitrogen and oxygen atoms in total. The second-order valence-corrected chi connectivity index (χ2v) is 15.3. The van der Waals surface area contributed by atoms with E-state index in [0.717, 1.165) is 24.2 Å². The molecule has 5 aliphatic carbocycles. The van der Waals surface area contributed by atoms with Crippen molar-refractivity contribution in [2.24, 2.45) is 56.7 Å². The fraction of sp³-hybridized carbons (Fsp3) is 0.906. The van der Waals surface area contributed by atoms with E-state index in [1.54, 1.807) is 6.92 Å². The van der Waals surface area contributed by atoms with Gasteiger partial charge in [0.05, 0.1) is 0 Å². The van der Waals surface area contributed by atoms with Crippen molar-refractivity contribution in [1.29, 1.82) is 0 Å². The second-order valence-electron chi connectivity index (χ2n) is 15.3. The number of ether oxygens (including phenoxy) is 1. The SMILES string of the molecule is C=C1CC[C@]2(C)CC[C@]3(C)[C@H](CC[C@@H]4[C@@]5(C)CCC(OC(C)=O)C(C)(C)[C@@H]5CC[C@]43C)C2[C@@H]1C. The van der Waals surface area contributed by atoms with Crippen molar-refractivity contribution in [3.63, 3.8) is 0 Å². The van der Waals surface area contributed by atoms with Crippen molar-refractivity contribution in [1.82, 2.24) is 0 Å². The number of carbonyl (C=O) groups is 1. The van der Waals surface area contributed by atoms with Gasteiger partial charge in [0.1, 0.15) is 6.10 Å². The quantitative estimate of drug-likeness (QED) is 0.284. The Hall–Kier alpha value is -0.790. The molecule has 0 heterocycles. The first-order valence-electron chi connectivity index (χ1n) is 14.6. The van der Waals surface area contributed by atoms with Crippen LogP contribution in [0.1, 0.15) is 120 Å². The monoisotopic (exact) mass is 468 g/mol. The molecule has 0 amide bonds. The molecule has 0 aromatic carbocycles. The number of hydrogen-bond donors (Lipinski definition) is 0. The van der Waals surface area contributed by atoms with Crippen molar-refractivity contribution >= 4 is 5.97 Å². The number of hydrogen-bond acceptors (Lipinski definition) is 2. The van der Waals surface area contributed by atoms with Gasteiger partial charge >= 0.3 is 5.97 Å². The molecule has 0 aromatic heterocycles. The molecule has 0 spiro atoms. The van der Waals surface area contributed by atoms with Crippen molar-refractivity contribution in [2.45, 2.75) is 126 Å². The van der Waals surface area contributed by atoms with Crippen molar-refractivity contribution < 1.29 is 9.53 Å². The van der Waals surface area contributed by atoms with E-state index in [0.29, 0.717) is 33.5 Å². The fourth-order valence-electron chi connectivity index (χ4n) is 11.8. The van der Waals surface area contributed by atoms with Gasteiger partial charge in [-0.3, -0.25) is 4.79 Å². The Bertz CT molecular complexity index is 872. The maximum atomic E-state index is 11.9. The lowest BCUT2D eigenvalue weighted by Gasteiger charge is -2.73. The molecule has 5 fully saturated rings. The molecule has 5 rings (SSSR count). The number of carbonyl (C=O) groups excluding carboxylic acids is 1. The first-order valence-corrected chi connectivity index (χ1v) is 14.6. The van der Waals surface area contributed by atoms with Gasteiger partial charge in [-0.2, -0.15) is 0 Å². The van der Waals surface area contributed by atoms with E-state index >= 15 is 0 Å². The van der Waals surface area contributed by atoms with E-state index in [-0.39, 0.29) is 17.5 Å². The summed E-state index contributed by atoms with van der Waals surface area (Å²) < 4.78 is 5.91. The molecule has 10 atom stereocenters. The topological polar surface area (TPSA) is 26.3 Å². The highest BCUT2D eigenvalue weighted by Crippen LogP contribution is 2.77. The Labute approximate surface area is 210 Å². The smallest absolute Gasteiger partial charge is 0.302 e. The molecule has 0 bridgehead atoms. The van der Waals surface area contributed by atoms with E-state index in [2.05, 4.69) is 55.0 Å². The maximum Gasteiger partial charge on any atom is 0.302 e. The summed E-state index contributed by atoms with van der Waals surface area (Å²) in [6.07, 6.45) is 13.2. The molecule has 0 aromatic rings. The summed E-state index contributed by atoms with van der Waals surface area (Å²) in [6, 6.07) is 0. The summed E-state index contributed by atoms with van der Waals surface area (Å²) in [6.45, 7) is 24.2. The van der Waals surface area contributed by atoms with Crippen LogP contribution in [0.15, 0.2) is 12.2 Å². The Kier molecular flexibility index (Phi) is 5.57. The molecule has 34 heavy (non-hydrogen) atoms. The summed E-state index contributed by atoms with van der Waals surface area (Å²) in [5.74, 6) is 3.64. The molecule has 2 heteroatoms. The largest absolute Gasteiger partial charge is 0.462 e. The molecule has 0 saturated heterocycles. The average Bonchev–Trinajstić information content (AvgIpc) is 2.74. The standard InChI is InChI=1S/C32H52O2/c1-20-12-15-29(6)18-19-31(8)23(27(29)21(20)2)10-11-25-30(7)16-14-26(34-22(3)33)28(4,5)24(30)13-17-32(25,31)9/h21,23-27H,1,10-19H2,2-9H3/t21-,23-,24+,25-,26?,27?,29-,30+,31-,32-/m1/s1. The third-order valence-corrected chi connectivity index (χ3v) is 13.8. The predicted octanol–water partition coefficient (Wildman–Crippen LogP) is 8.60. The Balaban J connectivity index is 1.50.